The van der Waals surface area contributed by atoms with Crippen molar-refractivity contribution in [1.29, 1.82) is 0 Å². The lowest BCUT2D eigenvalue weighted by Crippen LogP contribution is -2.40. The summed E-state index contributed by atoms with van der Waals surface area (Å²) in [6.45, 7) is 2.82. The summed E-state index contributed by atoms with van der Waals surface area (Å²) < 4.78 is 2.33. The molecule has 1 amide bonds. The standard InChI is InChI=1S/C20H24N4OS/c1-13(19(25)23-12-4-6-14-5-2-3-7-17(14)23)26-20-22-21-18(15-8-9-15)24(20)16-10-11-16/h2-3,5,7,13,15-16H,4,6,8-12H2,1H3/t13-/m0/s1. The number of para-hydroxylation sites is 1. The molecule has 6 heteroatoms. The highest BCUT2D eigenvalue weighted by molar-refractivity contribution is 8.00. The van der Waals surface area contributed by atoms with Gasteiger partial charge in [-0.15, -0.1) is 10.2 Å². The molecule has 2 fully saturated rings. The van der Waals surface area contributed by atoms with Crippen LogP contribution in [0.1, 0.15) is 62.4 Å². The molecular weight excluding hydrogens is 344 g/mol. The van der Waals surface area contributed by atoms with Crippen LogP contribution in [0.3, 0.4) is 0 Å². The second kappa shape index (κ2) is 6.41. The molecule has 5 nitrogen and oxygen atoms in total. The molecule has 0 radical (unpaired) electrons. The average molecular weight is 369 g/mol. The summed E-state index contributed by atoms with van der Waals surface area (Å²) >= 11 is 1.58. The predicted octanol–water partition coefficient (Wildman–Crippen LogP) is 3.95. The first-order valence-corrected chi connectivity index (χ1v) is 10.6. The second-order valence-corrected chi connectivity index (χ2v) is 9.01. The summed E-state index contributed by atoms with van der Waals surface area (Å²) in [7, 11) is 0. The summed E-state index contributed by atoms with van der Waals surface area (Å²) in [5, 5.41) is 9.70. The number of amides is 1. The van der Waals surface area contributed by atoms with Gasteiger partial charge in [0.1, 0.15) is 5.82 Å². The van der Waals surface area contributed by atoms with Gasteiger partial charge in [0.15, 0.2) is 5.16 Å². The van der Waals surface area contributed by atoms with E-state index < -0.39 is 0 Å². The van der Waals surface area contributed by atoms with Gasteiger partial charge in [-0.3, -0.25) is 4.79 Å². The number of nitrogens with zero attached hydrogens (tertiary/aromatic N) is 4. The lowest BCUT2D eigenvalue weighted by molar-refractivity contribution is -0.117. The van der Waals surface area contributed by atoms with E-state index in [0.29, 0.717) is 12.0 Å². The van der Waals surface area contributed by atoms with Crippen molar-refractivity contribution in [2.45, 2.75) is 67.8 Å². The van der Waals surface area contributed by atoms with E-state index in [1.54, 1.807) is 11.8 Å². The molecule has 0 bridgehead atoms. The largest absolute Gasteiger partial charge is 0.311 e. The van der Waals surface area contributed by atoms with Gasteiger partial charge in [-0.1, -0.05) is 30.0 Å². The molecule has 0 N–H and O–H groups in total. The van der Waals surface area contributed by atoms with Crippen molar-refractivity contribution in [3.05, 3.63) is 35.7 Å². The van der Waals surface area contributed by atoms with E-state index in [2.05, 4.69) is 33.0 Å². The van der Waals surface area contributed by atoms with Gasteiger partial charge in [0, 0.05) is 24.2 Å². The van der Waals surface area contributed by atoms with E-state index in [-0.39, 0.29) is 11.2 Å². The summed E-state index contributed by atoms with van der Waals surface area (Å²) in [4.78, 5) is 15.1. The predicted molar refractivity (Wildman–Crippen MR) is 103 cm³/mol. The molecule has 0 saturated heterocycles. The molecular formula is C20H24N4OS. The SMILES string of the molecule is C[C@H](Sc1nnc(C2CC2)n1C1CC1)C(=O)N1CCCc2ccccc21. The minimum atomic E-state index is -0.157. The van der Waals surface area contributed by atoms with Crippen molar-refractivity contribution in [2.24, 2.45) is 0 Å². The van der Waals surface area contributed by atoms with Gasteiger partial charge >= 0.3 is 0 Å². The first-order chi connectivity index (χ1) is 12.7. The normalized spacial score (nSPS) is 20.7. The lowest BCUT2D eigenvalue weighted by Gasteiger charge is -2.31. The third-order valence-electron chi connectivity index (χ3n) is 5.55. The van der Waals surface area contributed by atoms with E-state index in [0.717, 1.165) is 36.1 Å². The number of aromatic nitrogens is 3. The molecule has 26 heavy (non-hydrogen) atoms. The zero-order valence-corrected chi connectivity index (χ0v) is 15.9. The third kappa shape index (κ3) is 2.94. The van der Waals surface area contributed by atoms with Crippen LogP contribution in [0.25, 0.3) is 0 Å². The zero-order valence-electron chi connectivity index (χ0n) is 15.1. The highest BCUT2D eigenvalue weighted by atomic mass is 32.2. The number of benzene rings is 1. The summed E-state index contributed by atoms with van der Waals surface area (Å²) in [6.07, 6.45) is 6.98. The third-order valence-corrected chi connectivity index (χ3v) is 6.60. The maximum absolute atomic E-state index is 13.2. The van der Waals surface area contributed by atoms with Gasteiger partial charge in [-0.2, -0.15) is 0 Å². The van der Waals surface area contributed by atoms with Crippen molar-refractivity contribution in [1.82, 2.24) is 14.8 Å². The minimum Gasteiger partial charge on any atom is -0.311 e. The Balaban J connectivity index is 1.36. The van der Waals surface area contributed by atoms with Gasteiger partial charge < -0.3 is 9.47 Å². The maximum Gasteiger partial charge on any atom is 0.240 e. The molecule has 1 aromatic heterocycles. The number of aryl methyl sites for hydroxylation is 1. The van der Waals surface area contributed by atoms with Crippen LogP contribution >= 0.6 is 11.8 Å². The maximum atomic E-state index is 13.2. The second-order valence-electron chi connectivity index (χ2n) is 7.70. The van der Waals surface area contributed by atoms with Gasteiger partial charge in [-0.25, -0.2) is 0 Å². The summed E-state index contributed by atoms with van der Waals surface area (Å²) in [5.41, 5.74) is 2.36. The number of rotatable bonds is 5. The van der Waals surface area contributed by atoms with Gasteiger partial charge in [0.05, 0.1) is 5.25 Å². The van der Waals surface area contributed by atoms with E-state index in [1.165, 1.54) is 31.2 Å². The molecule has 3 aliphatic rings. The minimum absolute atomic E-state index is 0.157. The Labute approximate surface area is 158 Å². The molecule has 5 rings (SSSR count). The number of fused-ring (bicyclic) bond motifs is 1. The van der Waals surface area contributed by atoms with Crippen LogP contribution in [-0.4, -0.2) is 32.5 Å². The van der Waals surface area contributed by atoms with E-state index in [9.17, 15) is 4.79 Å². The molecule has 2 aromatic rings. The highest BCUT2D eigenvalue weighted by Gasteiger charge is 2.37. The van der Waals surface area contributed by atoms with Crippen LogP contribution in [0.4, 0.5) is 5.69 Å². The molecule has 2 saturated carbocycles. The number of thioether (sulfide) groups is 1. The van der Waals surface area contributed by atoms with Crippen molar-refractivity contribution in [2.75, 3.05) is 11.4 Å². The van der Waals surface area contributed by atoms with Crippen LogP contribution < -0.4 is 4.90 Å². The van der Waals surface area contributed by atoms with Crippen LogP contribution in [0.15, 0.2) is 29.4 Å². The summed E-state index contributed by atoms with van der Waals surface area (Å²) in [5.74, 6) is 1.93. The number of anilines is 1. The fourth-order valence-corrected chi connectivity index (χ4v) is 4.84. The number of hydrogen-bond acceptors (Lipinski definition) is 4. The quantitative estimate of drug-likeness (QED) is 0.750. The van der Waals surface area contributed by atoms with Crippen LogP contribution in [0.5, 0.6) is 0 Å². The fraction of sp³-hybridized carbons (Fsp3) is 0.550. The fourth-order valence-electron chi connectivity index (χ4n) is 3.86. The van der Waals surface area contributed by atoms with Crippen molar-refractivity contribution < 1.29 is 4.79 Å². The van der Waals surface area contributed by atoms with Crippen LogP contribution in [0, 0.1) is 0 Å². The van der Waals surface area contributed by atoms with Gasteiger partial charge in [-0.05, 0) is 57.1 Å². The number of carbonyl (C=O) groups excluding carboxylic acids is 1. The Morgan fingerprint density at radius 1 is 1.19 bits per heavy atom. The smallest absolute Gasteiger partial charge is 0.240 e. The Bertz CT molecular complexity index is 840. The molecule has 0 spiro atoms. The van der Waals surface area contributed by atoms with Crippen molar-refractivity contribution in [3.8, 4) is 0 Å². The number of carbonyl (C=O) groups is 1. The Morgan fingerprint density at radius 2 is 2.00 bits per heavy atom. The van der Waals surface area contributed by atoms with E-state index in [1.807, 2.05) is 17.9 Å². The Hall–Kier alpha value is -1.82. The molecule has 0 unspecified atom stereocenters. The van der Waals surface area contributed by atoms with Gasteiger partial charge in [0.2, 0.25) is 5.91 Å². The zero-order chi connectivity index (χ0) is 17.7. The van der Waals surface area contributed by atoms with Crippen LogP contribution in [0.2, 0.25) is 0 Å². The first-order valence-electron chi connectivity index (χ1n) is 9.73. The van der Waals surface area contributed by atoms with Crippen molar-refractivity contribution >= 4 is 23.4 Å². The molecule has 1 atom stereocenters. The Morgan fingerprint density at radius 3 is 2.77 bits per heavy atom. The molecule has 1 aliphatic heterocycles. The van der Waals surface area contributed by atoms with Crippen LogP contribution in [-0.2, 0) is 11.2 Å². The lowest BCUT2D eigenvalue weighted by atomic mass is 10.0. The highest BCUT2D eigenvalue weighted by Crippen LogP contribution is 2.46. The monoisotopic (exact) mass is 368 g/mol. The van der Waals surface area contributed by atoms with E-state index >= 15 is 0 Å². The van der Waals surface area contributed by atoms with E-state index in [4.69, 9.17) is 0 Å². The topological polar surface area (TPSA) is 51.0 Å². The Kier molecular flexibility index (Phi) is 4.03. The number of hydrogen-bond donors (Lipinski definition) is 0. The molecule has 2 heterocycles. The van der Waals surface area contributed by atoms with Gasteiger partial charge in [0.25, 0.3) is 0 Å². The summed E-state index contributed by atoms with van der Waals surface area (Å²) in [6, 6.07) is 8.84. The first kappa shape index (κ1) is 16.4. The molecule has 2 aliphatic carbocycles. The molecule has 1 aromatic carbocycles. The van der Waals surface area contributed by atoms with Crippen molar-refractivity contribution in [3.63, 3.8) is 0 Å². The molecule has 136 valence electrons. The average Bonchev–Trinajstić information content (AvgIpc) is 3.59.